The number of methoxy groups -OCH3 is 1. The van der Waals surface area contributed by atoms with Crippen LogP contribution >= 0.6 is 11.8 Å². The van der Waals surface area contributed by atoms with E-state index in [2.05, 4.69) is 0 Å². The third kappa shape index (κ3) is 3.57. The molecular formula is C15H23NO5S. The standard InChI is InChI=1S/C15H23NO5S/c1-4-20-14(17)13-12(19-3)10-6-8-16(15(18)21-5-2)9-7-11(10)22-13/h12-13H,4-9H2,1-3H3. The van der Waals surface area contributed by atoms with E-state index in [-0.39, 0.29) is 23.4 Å². The van der Waals surface area contributed by atoms with Crippen molar-refractivity contribution in [1.29, 1.82) is 0 Å². The smallest absolute Gasteiger partial charge is 0.409 e. The van der Waals surface area contributed by atoms with Crippen LogP contribution in [0.15, 0.2) is 10.5 Å². The van der Waals surface area contributed by atoms with Gasteiger partial charge in [0.15, 0.2) is 0 Å². The van der Waals surface area contributed by atoms with Gasteiger partial charge in [0.1, 0.15) is 11.4 Å². The van der Waals surface area contributed by atoms with E-state index < -0.39 is 0 Å². The molecule has 22 heavy (non-hydrogen) atoms. The largest absolute Gasteiger partial charge is 0.465 e. The summed E-state index contributed by atoms with van der Waals surface area (Å²) in [5.41, 5.74) is 1.12. The third-order valence-corrected chi connectivity index (χ3v) is 5.25. The predicted molar refractivity (Wildman–Crippen MR) is 83.7 cm³/mol. The summed E-state index contributed by atoms with van der Waals surface area (Å²) in [4.78, 5) is 26.8. The molecule has 1 amide bonds. The second-order valence-electron chi connectivity index (χ2n) is 5.08. The van der Waals surface area contributed by atoms with Crippen LogP contribution in [-0.4, -0.2) is 61.7 Å². The van der Waals surface area contributed by atoms with Gasteiger partial charge in [-0.25, -0.2) is 4.79 Å². The highest BCUT2D eigenvalue weighted by molar-refractivity contribution is 8.04. The molecule has 0 N–H and O–H groups in total. The van der Waals surface area contributed by atoms with E-state index in [1.54, 1.807) is 25.9 Å². The molecule has 2 heterocycles. The van der Waals surface area contributed by atoms with Gasteiger partial charge in [-0.1, -0.05) is 0 Å². The van der Waals surface area contributed by atoms with Crippen LogP contribution in [0.4, 0.5) is 4.79 Å². The Labute approximate surface area is 135 Å². The first-order valence-corrected chi connectivity index (χ1v) is 8.50. The fourth-order valence-corrected chi connectivity index (χ4v) is 4.24. The zero-order valence-corrected chi connectivity index (χ0v) is 14.1. The van der Waals surface area contributed by atoms with E-state index >= 15 is 0 Å². The van der Waals surface area contributed by atoms with Gasteiger partial charge in [0, 0.05) is 20.2 Å². The van der Waals surface area contributed by atoms with Crippen molar-refractivity contribution < 1.29 is 23.8 Å². The number of carbonyl (C=O) groups is 2. The summed E-state index contributed by atoms with van der Waals surface area (Å²) in [5, 5.41) is -0.330. The zero-order valence-electron chi connectivity index (χ0n) is 13.3. The molecule has 0 spiro atoms. The lowest BCUT2D eigenvalue weighted by atomic mass is 10.0. The molecule has 0 bridgehead atoms. The number of hydrogen-bond donors (Lipinski definition) is 0. The topological polar surface area (TPSA) is 65.1 Å². The van der Waals surface area contributed by atoms with Gasteiger partial charge in [-0.05, 0) is 37.2 Å². The van der Waals surface area contributed by atoms with Crippen LogP contribution in [0.3, 0.4) is 0 Å². The lowest BCUT2D eigenvalue weighted by molar-refractivity contribution is -0.144. The summed E-state index contributed by atoms with van der Waals surface area (Å²) in [6.45, 7) is 5.55. The van der Waals surface area contributed by atoms with Crippen LogP contribution in [0.2, 0.25) is 0 Å². The molecular weight excluding hydrogens is 306 g/mol. The number of hydrogen-bond acceptors (Lipinski definition) is 6. The lowest BCUT2D eigenvalue weighted by Gasteiger charge is -2.23. The van der Waals surface area contributed by atoms with Crippen LogP contribution < -0.4 is 0 Å². The molecule has 0 saturated heterocycles. The van der Waals surface area contributed by atoms with Gasteiger partial charge in [0.2, 0.25) is 0 Å². The number of carbonyl (C=O) groups excluding carboxylic acids is 2. The maximum atomic E-state index is 12.1. The zero-order chi connectivity index (χ0) is 16.1. The summed E-state index contributed by atoms with van der Waals surface area (Å²) < 4.78 is 15.7. The highest BCUT2D eigenvalue weighted by Gasteiger charge is 2.42. The minimum absolute atomic E-state index is 0.227. The Balaban J connectivity index is 2.04. The van der Waals surface area contributed by atoms with Gasteiger partial charge in [-0.15, -0.1) is 11.8 Å². The predicted octanol–water partition coefficient (Wildman–Crippen LogP) is 2.19. The Morgan fingerprint density at radius 1 is 1.18 bits per heavy atom. The second-order valence-corrected chi connectivity index (χ2v) is 6.32. The minimum atomic E-state index is -0.330. The van der Waals surface area contributed by atoms with Crippen LogP contribution in [0.25, 0.3) is 0 Å². The molecule has 0 fully saturated rings. The van der Waals surface area contributed by atoms with E-state index in [0.717, 1.165) is 16.9 Å². The molecule has 0 aliphatic carbocycles. The van der Waals surface area contributed by atoms with Crippen LogP contribution in [0.1, 0.15) is 26.7 Å². The molecule has 2 atom stereocenters. The molecule has 0 radical (unpaired) electrons. The van der Waals surface area contributed by atoms with E-state index in [0.29, 0.717) is 32.7 Å². The maximum Gasteiger partial charge on any atom is 0.409 e. The Morgan fingerprint density at radius 2 is 1.86 bits per heavy atom. The van der Waals surface area contributed by atoms with Gasteiger partial charge in [-0.3, -0.25) is 4.79 Å². The monoisotopic (exact) mass is 329 g/mol. The van der Waals surface area contributed by atoms with Crippen molar-refractivity contribution in [2.45, 2.75) is 38.0 Å². The average Bonchev–Trinajstić information content (AvgIpc) is 2.72. The summed E-state index contributed by atoms with van der Waals surface area (Å²) in [7, 11) is 1.61. The maximum absolute atomic E-state index is 12.1. The van der Waals surface area contributed by atoms with Crippen molar-refractivity contribution in [2.75, 3.05) is 33.4 Å². The molecule has 2 rings (SSSR count). The SMILES string of the molecule is CCOC(=O)C1SC2=C(CCN(C(=O)OCC)CC2)C1OC. The molecule has 124 valence electrons. The molecule has 6 nitrogen and oxygen atoms in total. The minimum Gasteiger partial charge on any atom is -0.465 e. The van der Waals surface area contributed by atoms with Gasteiger partial charge < -0.3 is 19.1 Å². The number of ether oxygens (including phenoxy) is 3. The van der Waals surface area contributed by atoms with Crippen molar-refractivity contribution in [2.24, 2.45) is 0 Å². The third-order valence-electron chi connectivity index (χ3n) is 3.80. The number of rotatable bonds is 4. The molecule has 0 saturated carbocycles. The van der Waals surface area contributed by atoms with E-state index in [9.17, 15) is 9.59 Å². The van der Waals surface area contributed by atoms with Gasteiger partial charge in [0.05, 0.1) is 13.2 Å². The number of esters is 1. The molecule has 0 aromatic carbocycles. The highest BCUT2D eigenvalue weighted by Crippen LogP contribution is 2.44. The van der Waals surface area contributed by atoms with Crippen molar-refractivity contribution in [1.82, 2.24) is 4.90 Å². The number of amides is 1. The molecule has 2 aliphatic rings. The Kier molecular flexibility index (Phi) is 6.14. The van der Waals surface area contributed by atoms with E-state index in [1.807, 2.05) is 0 Å². The number of nitrogens with zero attached hydrogens (tertiary/aromatic N) is 1. The average molecular weight is 329 g/mol. The van der Waals surface area contributed by atoms with Gasteiger partial charge in [-0.2, -0.15) is 0 Å². The van der Waals surface area contributed by atoms with Crippen LogP contribution in [0.5, 0.6) is 0 Å². The van der Waals surface area contributed by atoms with Gasteiger partial charge >= 0.3 is 12.1 Å². The van der Waals surface area contributed by atoms with E-state index in [4.69, 9.17) is 14.2 Å². The fraction of sp³-hybridized carbons (Fsp3) is 0.733. The molecule has 2 unspecified atom stereocenters. The fourth-order valence-electron chi connectivity index (χ4n) is 2.80. The molecule has 0 aromatic heterocycles. The Bertz CT molecular complexity index is 465. The quantitative estimate of drug-likeness (QED) is 0.737. The normalized spacial score (nSPS) is 24.8. The van der Waals surface area contributed by atoms with Crippen LogP contribution in [0, 0.1) is 0 Å². The summed E-state index contributed by atoms with van der Waals surface area (Å²) in [5.74, 6) is -0.227. The summed E-state index contributed by atoms with van der Waals surface area (Å²) >= 11 is 1.52. The highest BCUT2D eigenvalue weighted by atomic mass is 32.2. The van der Waals surface area contributed by atoms with Crippen molar-refractivity contribution in [3.05, 3.63) is 10.5 Å². The van der Waals surface area contributed by atoms with Crippen molar-refractivity contribution in [3.8, 4) is 0 Å². The molecule has 0 aromatic rings. The Morgan fingerprint density at radius 3 is 2.50 bits per heavy atom. The van der Waals surface area contributed by atoms with Crippen molar-refractivity contribution in [3.63, 3.8) is 0 Å². The lowest BCUT2D eigenvalue weighted by Crippen LogP contribution is -2.35. The van der Waals surface area contributed by atoms with Gasteiger partial charge in [0.25, 0.3) is 0 Å². The Hall–Kier alpha value is -1.21. The molecule has 7 heteroatoms. The van der Waals surface area contributed by atoms with Crippen LogP contribution in [-0.2, 0) is 19.0 Å². The summed E-state index contributed by atoms with van der Waals surface area (Å²) in [6.07, 6.45) is 0.898. The molecule has 2 aliphatic heterocycles. The summed E-state index contributed by atoms with van der Waals surface area (Å²) in [6, 6.07) is 0. The van der Waals surface area contributed by atoms with E-state index in [1.165, 1.54) is 11.8 Å². The van der Waals surface area contributed by atoms with Crippen molar-refractivity contribution >= 4 is 23.8 Å². The first-order valence-electron chi connectivity index (χ1n) is 7.62. The first-order chi connectivity index (χ1) is 10.6. The number of thioether (sulfide) groups is 1. The second kappa shape index (κ2) is 7.87. The first kappa shape index (κ1) is 17.1.